The average Bonchev–Trinajstić information content (AvgIpc) is 2.61. The smallest absolute Gasteiger partial charge is 0.255 e. The molecule has 1 aromatic heterocycles. The van der Waals surface area contributed by atoms with Crippen LogP contribution in [0.1, 0.15) is 35.2 Å². The number of benzene rings is 1. The third-order valence-corrected chi connectivity index (χ3v) is 4.59. The van der Waals surface area contributed by atoms with Gasteiger partial charge in [0, 0.05) is 25.4 Å². The summed E-state index contributed by atoms with van der Waals surface area (Å²) >= 11 is 0. The number of hydrogen-bond donors (Lipinski definition) is 1. The predicted octanol–water partition coefficient (Wildman–Crippen LogP) is 3.00. The van der Waals surface area contributed by atoms with Crippen LogP contribution in [0.4, 0.5) is 4.39 Å². The number of rotatable bonds is 4. The number of aryl methyl sites for hydroxylation is 1. The first-order valence-electron chi connectivity index (χ1n) is 8.34. The topological polar surface area (TPSA) is 53.2 Å². The van der Waals surface area contributed by atoms with E-state index in [-0.39, 0.29) is 17.3 Å². The van der Waals surface area contributed by atoms with Crippen molar-refractivity contribution in [3.63, 3.8) is 0 Å². The summed E-state index contributed by atoms with van der Waals surface area (Å²) in [5.74, 6) is 0.210. The maximum atomic E-state index is 12.9. The number of nitrogens with one attached hydrogen (secondary N) is 1. The normalized spacial score (nSPS) is 17.7. The van der Waals surface area contributed by atoms with Gasteiger partial charge in [-0.2, -0.15) is 0 Å². The molecule has 1 atom stereocenters. The minimum atomic E-state index is -0.214. The number of aromatic amines is 1. The summed E-state index contributed by atoms with van der Waals surface area (Å²) in [7, 11) is 0. The first-order chi connectivity index (χ1) is 11.6. The van der Waals surface area contributed by atoms with Gasteiger partial charge in [-0.3, -0.25) is 9.59 Å². The Morgan fingerprint density at radius 3 is 2.71 bits per heavy atom. The first-order valence-corrected chi connectivity index (χ1v) is 8.34. The summed E-state index contributed by atoms with van der Waals surface area (Å²) in [5.41, 5.74) is 1.44. The highest BCUT2D eigenvalue weighted by molar-refractivity contribution is 5.93. The number of carbonyl (C=O) groups excluding carboxylic acids is 1. The van der Waals surface area contributed by atoms with Crippen molar-refractivity contribution >= 4 is 5.91 Å². The van der Waals surface area contributed by atoms with Crippen LogP contribution in [0.5, 0.6) is 0 Å². The van der Waals surface area contributed by atoms with E-state index in [9.17, 15) is 14.0 Å². The van der Waals surface area contributed by atoms with E-state index in [0.717, 1.165) is 44.3 Å². The van der Waals surface area contributed by atoms with Gasteiger partial charge in [-0.25, -0.2) is 4.39 Å². The Morgan fingerprint density at radius 1 is 1.21 bits per heavy atom. The highest BCUT2D eigenvalue weighted by Crippen LogP contribution is 2.23. The standard InChI is InChI=1S/C19H21FN2O2/c20-17-8-5-14(6-9-17)3-4-15-2-1-11-22(13-15)19(24)16-7-10-18(23)21-12-16/h5-10,12,15H,1-4,11,13H2,(H,21,23)/t15-/m0/s1. The summed E-state index contributed by atoms with van der Waals surface area (Å²) in [6, 6.07) is 9.57. The zero-order valence-corrected chi connectivity index (χ0v) is 13.5. The zero-order chi connectivity index (χ0) is 16.9. The monoisotopic (exact) mass is 328 g/mol. The van der Waals surface area contributed by atoms with Crippen LogP contribution in [-0.2, 0) is 6.42 Å². The molecule has 2 heterocycles. The van der Waals surface area contributed by atoms with Gasteiger partial charge in [0.15, 0.2) is 0 Å². The highest BCUT2D eigenvalue weighted by atomic mass is 19.1. The molecule has 1 aliphatic heterocycles. The average molecular weight is 328 g/mol. The molecule has 126 valence electrons. The van der Waals surface area contributed by atoms with E-state index in [1.807, 2.05) is 17.0 Å². The molecule has 2 aromatic rings. The molecule has 1 N–H and O–H groups in total. The lowest BCUT2D eigenvalue weighted by Crippen LogP contribution is -2.40. The summed E-state index contributed by atoms with van der Waals surface area (Å²) in [5, 5.41) is 0. The van der Waals surface area contributed by atoms with Crippen LogP contribution in [0, 0.1) is 11.7 Å². The van der Waals surface area contributed by atoms with Crippen LogP contribution >= 0.6 is 0 Å². The third-order valence-electron chi connectivity index (χ3n) is 4.59. The van der Waals surface area contributed by atoms with E-state index < -0.39 is 0 Å². The third kappa shape index (κ3) is 4.10. The van der Waals surface area contributed by atoms with E-state index >= 15 is 0 Å². The number of halogens is 1. The fourth-order valence-corrected chi connectivity index (χ4v) is 3.23. The van der Waals surface area contributed by atoms with Gasteiger partial charge in [-0.15, -0.1) is 0 Å². The number of H-pyrrole nitrogens is 1. The number of piperidine rings is 1. The number of aromatic nitrogens is 1. The molecule has 1 aromatic carbocycles. The lowest BCUT2D eigenvalue weighted by molar-refractivity contribution is 0.0668. The van der Waals surface area contributed by atoms with Gasteiger partial charge < -0.3 is 9.88 Å². The van der Waals surface area contributed by atoms with Gasteiger partial charge in [0.1, 0.15) is 5.82 Å². The molecular formula is C19H21FN2O2. The van der Waals surface area contributed by atoms with Crippen molar-refractivity contribution in [1.29, 1.82) is 0 Å². The van der Waals surface area contributed by atoms with Crippen molar-refractivity contribution in [3.05, 3.63) is 69.9 Å². The number of nitrogens with zero attached hydrogens (tertiary/aromatic N) is 1. The first kappa shape index (κ1) is 16.4. The molecule has 4 nitrogen and oxygen atoms in total. The number of amides is 1. The predicted molar refractivity (Wildman–Crippen MR) is 90.4 cm³/mol. The Labute approximate surface area is 140 Å². The Balaban J connectivity index is 1.57. The maximum Gasteiger partial charge on any atom is 0.255 e. The van der Waals surface area contributed by atoms with Gasteiger partial charge in [-0.1, -0.05) is 12.1 Å². The molecule has 1 saturated heterocycles. The van der Waals surface area contributed by atoms with Crippen LogP contribution in [-0.4, -0.2) is 28.9 Å². The Hall–Kier alpha value is -2.43. The molecule has 0 saturated carbocycles. The Kier molecular flexibility index (Phi) is 5.08. The second-order valence-corrected chi connectivity index (χ2v) is 6.37. The van der Waals surface area contributed by atoms with E-state index in [1.165, 1.54) is 24.4 Å². The highest BCUT2D eigenvalue weighted by Gasteiger charge is 2.24. The van der Waals surface area contributed by atoms with E-state index in [4.69, 9.17) is 0 Å². The van der Waals surface area contributed by atoms with Gasteiger partial charge in [0.05, 0.1) is 5.56 Å². The lowest BCUT2D eigenvalue weighted by atomic mass is 9.91. The lowest BCUT2D eigenvalue weighted by Gasteiger charge is -2.33. The molecule has 0 unspecified atom stereocenters. The van der Waals surface area contributed by atoms with Crippen LogP contribution in [0.15, 0.2) is 47.4 Å². The maximum absolute atomic E-state index is 12.9. The summed E-state index contributed by atoms with van der Waals surface area (Å²) < 4.78 is 12.9. The van der Waals surface area contributed by atoms with Crippen molar-refractivity contribution in [2.45, 2.75) is 25.7 Å². The molecule has 1 aliphatic rings. The Bertz CT molecular complexity index is 734. The molecule has 0 aliphatic carbocycles. The number of hydrogen-bond acceptors (Lipinski definition) is 2. The largest absolute Gasteiger partial charge is 0.338 e. The molecule has 1 fully saturated rings. The number of pyridine rings is 1. The van der Waals surface area contributed by atoms with E-state index in [2.05, 4.69) is 4.98 Å². The van der Waals surface area contributed by atoms with Crippen molar-refractivity contribution in [3.8, 4) is 0 Å². The van der Waals surface area contributed by atoms with Crippen LogP contribution in [0.3, 0.4) is 0 Å². The molecule has 0 radical (unpaired) electrons. The fourth-order valence-electron chi connectivity index (χ4n) is 3.23. The van der Waals surface area contributed by atoms with Crippen molar-refractivity contribution < 1.29 is 9.18 Å². The number of likely N-dealkylation sites (tertiary alicyclic amines) is 1. The van der Waals surface area contributed by atoms with E-state index in [0.29, 0.717) is 11.5 Å². The zero-order valence-electron chi connectivity index (χ0n) is 13.5. The summed E-state index contributed by atoms with van der Waals surface area (Å²) in [4.78, 5) is 28.1. The van der Waals surface area contributed by atoms with Crippen LogP contribution < -0.4 is 5.56 Å². The van der Waals surface area contributed by atoms with Crippen LogP contribution in [0.2, 0.25) is 0 Å². The SMILES string of the molecule is O=C(c1ccc(=O)[nH]c1)N1CCC[C@@H](CCc2ccc(F)cc2)C1. The number of carbonyl (C=O) groups is 1. The molecule has 5 heteroatoms. The van der Waals surface area contributed by atoms with Crippen molar-refractivity contribution in [2.24, 2.45) is 5.92 Å². The second kappa shape index (κ2) is 7.43. The molecular weight excluding hydrogens is 307 g/mol. The molecule has 1 amide bonds. The Morgan fingerprint density at radius 2 is 2.00 bits per heavy atom. The van der Waals surface area contributed by atoms with Gasteiger partial charge >= 0.3 is 0 Å². The van der Waals surface area contributed by atoms with Crippen LogP contribution in [0.25, 0.3) is 0 Å². The fraction of sp³-hybridized carbons (Fsp3) is 0.368. The molecule has 0 bridgehead atoms. The second-order valence-electron chi connectivity index (χ2n) is 6.37. The van der Waals surface area contributed by atoms with Crippen molar-refractivity contribution in [1.82, 2.24) is 9.88 Å². The quantitative estimate of drug-likeness (QED) is 0.938. The molecule has 3 rings (SSSR count). The molecule has 0 spiro atoms. The van der Waals surface area contributed by atoms with Gasteiger partial charge in [0.25, 0.3) is 5.91 Å². The summed E-state index contributed by atoms with van der Waals surface area (Å²) in [6.07, 6.45) is 5.46. The molecule has 24 heavy (non-hydrogen) atoms. The van der Waals surface area contributed by atoms with Crippen molar-refractivity contribution in [2.75, 3.05) is 13.1 Å². The minimum Gasteiger partial charge on any atom is -0.338 e. The minimum absolute atomic E-state index is 0.0299. The van der Waals surface area contributed by atoms with Gasteiger partial charge in [-0.05, 0) is 55.4 Å². The van der Waals surface area contributed by atoms with Gasteiger partial charge in [0.2, 0.25) is 5.56 Å². The summed E-state index contributed by atoms with van der Waals surface area (Å²) in [6.45, 7) is 1.49. The van der Waals surface area contributed by atoms with E-state index in [1.54, 1.807) is 6.07 Å².